The van der Waals surface area contributed by atoms with Crippen LogP contribution in [0.1, 0.15) is 30.1 Å². The van der Waals surface area contributed by atoms with E-state index in [0.717, 1.165) is 19.4 Å². The van der Waals surface area contributed by atoms with E-state index < -0.39 is 5.82 Å². The molecule has 0 saturated heterocycles. The van der Waals surface area contributed by atoms with E-state index >= 15 is 0 Å². The molecule has 1 rings (SSSR count). The van der Waals surface area contributed by atoms with Crippen molar-refractivity contribution in [2.75, 3.05) is 6.54 Å². The highest BCUT2D eigenvalue weighted by Gasteiger charge is 2.04. The molecule has 1 amide bonds. The normalized spacial score (nSPS) is 10.0. The first-order chi connectivity index (χ1) is 7.24. The summed E-state index contributed by atoms with van der Waals surface area (Å²) in [5.74, 6) is -0.721. The fourth-order valence-corrected chi connectivity index (χ4v) is 1.11. The van der Waals surface area contributed by atoms with E-state index in [-0.39, 0.29) is 5.91 Å². The van der Waals surface area contributed by atoms with E-state index in [0.29, 0.717) is 5.56 Å². The molecule has 0 unspecified atom stereocenters. The van der Waals surface area contributed by atoms with Gasteiger partial charge < -0.3 is 0 Å². The molecular weight excluding hydrogens is 195 g/mol. The van der Waals surface area contributed by atoms with Crippen LogP contribution in [0.5, 0.6) is 0 Å². The van der Waals surface area contributed by atoms with Crippen LogP contribution in [0.25, 0.3) is 0 Å². The van der Waals surface area contributed by atoms with Crippen LogP contribution in [0, 0.1) is 5.82 Å². The molecule has 4 heteroatoms. The summed E-state index contributed by atoms with van der Waals surface area (Å²) in [7, 11) is 0. The van der Waals surface area contributed by atoms with Crippen molar-refractivity contribution in [3.05, 3.63) is 35.6 Å². The predicted octanol–water partition coefficient (Wildman–Crippen LogP) is 1.86. The molecule has 0 bridgehead atoms. The Bertz CT molecular complexity index is 328. The standard InChI is InChI=1S/C11H15FN2O/c1-2-3-7-13-14-11(15)9-5-4-6-10(12)8-9/h4-6,8,13H,2-3,7H2,1H3,(H,14,15). The topological polar surface area (TPSA) is 41.1 Å². The zero-order chi connectivity index (χ0) is 11.1. The number of hydrogen-bond donors (Lipinski definition) is 2. The molecule has 0 aliphatic heterocycles. The fraction of sp³-hybridized carbons (Fsp3) is 0.364. The molecule has 0 aliphatic carbocycles. The van der Waals surface area contributed by atoms with Gasteiger partial charge in [0.1, 0.15) is 5.82 Å². The number of amides is 1. The van der Waals surface area contributed by atoms with Crippen LogP contribution < -0.4 is 10.9 Å². The Morgan fingerprint density at radius 1 is 1.47 bits per heavy atom. The third-order valence-electron chi connectivity index (χ3n) is 1.94. The van der Waals surface area contributed by atoms with E-state index in [4.69, 9.17) is 0 Å². The molecule has 0 radical (unpaired) electrons. The summed E-state index contributed by atoms with van der Waals surface area (Å²) in [5.41, 5.74) is 5.61. The Morgan fingerprint density at radius 3 is 2.93 bits per heavy atom. The van der Waals surface area contributed by atoms with Gasteiger partial charge in [0.2, 0.25) is 0 Å². The second kappa shape index (κ2) is 6.14. The SMILES string of the molecule is CCCCNNC(=O)c1cccc(F)c1. The van der Waals surface area contributed by atoms with Gasteiger partial charge in [-0.1, -0.05) is 19.4 Å². The summed E-state index contributed by atoms with van der Waals surface area (Å²) < 4.78 is 12.8. The fourth-order valence-electron chi connectivity index (χ4n) is 1.11. The first-order valence-electron chi connectivity index (χ1n) is 5.03. The quantitative estimate of drug-likeness (QED) is 0.575. The Labute approximate surface area is 88.7 Å². The summed E-state index contributed by atoms with van der Waals surface area (Å²) in [6.45, 7) is 2.79. The van der Waals surface area contributed by atoms with Crippen molar-refractivity contribution in [3.63, 3.8) is 0 Å². The third kappa shape index (κ3) is 4.08. The molecular formula is C11H15FN2O. The average molecular weight is 210 g/mol. The molecule has 0 spiro atoms. The van der Waals surface area contributed by atoms with Gasteiger partial charge in [-0.15, -0.1) is 0 Å². The van der Waals surface area contributed by atoms with Crippen LogP contribution in [0.15, 0.2) is 24.3 Å². The van der Waals surface area contributed by atoms with Crippen molar-refractivity contribution < 1.29 is 9.18 Å². The van der Waals surface area contributed by atoms with Gasteiger partial charge in [0, 0.05) is 12.1 Å². The number of halogens is 1. The van der Waals surface area contributed by atoms with Gasteiger partial charge >= 0.3 is 0 Å². The second-order valence-electron chi connectivity index (χ2n) is 3.24. The van der Waals surface area contributed by atoms with Gasteiger partial charge in [-0.25, -0.2) is 9.82 Å². The van der Waals surface area contributed by atoms with Crippen LogP contribution >= 0.6 is 0 Å². The lowest BCUT2D eigenvalue weighted by atomic mass is 10.2. The molecule has 0 fully saturated rings. The predicted molar refractivity (Wildman–Crippen MR) is 56.8 cm³/mol. The molecule has 0 aliphatic rings. The number of benzene rings is 1. The summed E-state index contributed by atoms with van der Waals surface area (Å²) >= 11 is 0. The second-order valence-corrected chi connectivity index (χ2v) is 3.24. The van der Waals surface area contributed by atoms with E-state index in [1.165, 1.54) is 18.2 Å². The van der Waals surface area contributed by atoms with Gasteiger partial charge in [-0.2, -0.15) is 0 Å². The van der Waals surface area contributed by atoms with Gasteiger partial charge in [0.05, 0.1) is 0 Å². The van der Waals surface area contributed by atoms with Crippen molar-refractivity contribution in [2.24, 2.45) is 0 Å². The highest BCUT2D eigenvalue weighted by Crippen LogP contribution is 2.02. The van der Waals surface area contributed by atoms with Gasteiger partial charge in [0.15, 0.2) is 0 Å². The largest absolute Gasteiger partial charge is 0.287 e. The molecule has 2 N–H and O–H groups in total. The lowest BCUT2D eigenvalue weighted by molar-refractivity contribution is 0.0932. The van der Waals surface area contributed by atoms with E-state index in [9.17, 15) is 9.18 Å². The first-order valence-corrected chi connectivity index (χ1v) is 5.03. The number of nitrogens with one attached hydrogen (secondary N) is 2. The number of carbonyl (C=O) groups excluding carboxylic acids is 1. The van der Waals surface area contributed by atoms with Crippen molar-refractivity contribution in [3.8, 4) is 0 Å². The van der Waals surface area contributed by atoms with Crippen molar-refractivity contribution in [2.45, 2.75) is 19.8 Å². The maximum Gasteiger partial charge on any atom is 0.265 e. The number of unbranched alkanes of at least 4 members (excludes halogenated alkanes) is 1. The zero-order valence-electron chi connectivity index (χ0n) is 8.72. The lowest BCUT2D eigenvalue weighted by Crippen LogP contribution is -2.37. The smallest absolute Gasteiger partial charge is 0.265 e. The Hall–Kier alpha value is -1.42. The Morgan fingerprint density at radius 2 is 2.27 bits per heavy atom. The van der Waals surface area contributed by atoms with Gasteiger partial charge in [-0.3, -0.25) is 10.2 Å². The van der Waals surface area contributed by atoms with Crippen LogP contribution in [0.4, 0.5) is 4.39 Å². The summed E-state index contributed by atoms with van der Waals surface area (Å²) in [6.07, 6.45) is 2.05. The molecule has 1 aromatic rings. The number of carbonyl (C=O) groups is 1. The first kappa shape index (κ1) is 11.7. The third-order valence-corrected chi connectivity index (χ3v) is 1.94. The molecule has 3 nitrogen and oxygen atoms in total. The zero-order valence-corrected chi connectivity index (χ0v) is 8.72. The van der Waals surface area contributed by atoms with Crippen LogP contribution in [-0.2, 0) is 0 Å². The molecule has 0 atom stereocenters. The maximum absolute atomic E-state index is 12.8. The van der Waals surface area contributed by atoms with Crippen molar-refractivity contribution in [1.82, 2.24) is 10.9 Å². The van der Waals surface area contributed by atoms with Crippen molar-refractivity contribution in [1.29, 1.82) is 0 Å². The summed E-state index contributed by atoms with van der Waals surface area (Å²) in [6, 6.07) is 5.59. The van der Waals surface area contributed by atoms with Crippen molar-refractivity contribution >= 4 is 5.91 Å². The monoisotopic (exact) mass is 210 g/mol. The highest BCUT2D eigenvalue weighted by atomic mass is 19.1. The summed E-state index contributed by atoms with van der Waals surface area (Å²) in [4.78, 5) is 11.4. The van der Waals surface area contributed by atoms with Gasteiger partial charge in [-0.05, 0) is 24.6 Å². The minimum Gasteiger partial charge on any atom is -0.287 e. The van der Waals surface area contributed by atoms with E-state index in [1.807, 2.05) is 0 Å². The Balaban J connectivity index is 2.40. The van der Waals surface area contributed by atoms with E-state index in [1.54, 1.807) is 6.07 Å². The van der Waals surface area contributed by atoms with Gasteiger partial charge in [0.25, 0.3) is 5.91 Å². The molecule has 0 heterocycles. The summed E-state index contributed by atoms with van der Waals surface area (Å²) in [5, 5.41) is 0. The molecule has 15 heavy (non-hydrogen) atoms. The Kier molecular flexibility index (Phi) is 4.77. The number of rotatable bonds is 5. The number of hydrazine groups is 1. The molecule has 82 valence electrons. The maximum atomic E-state index is 12.8. The average Bonchev–Trinajstić information content (AvgIpc) is 2.24. The minimum atomic E-state index is -0.406. The molecule has 0 saturated carbocycles. The van der Waals surface area contributed by atoms with Crippen LogP contribution in [0.3, 0.4) is 0 Å². The van der Waals surface area contributed by atoms with Crippen LogP contribution in [-0.4, -0.2) is 12.5 Å². The highest BCUT2D eigenvalue weighted by molar-refractivity contribution is 5.93. The minimum absolute atomic E-state index is 0.314. The molecule has 0 aromatic heterocycles. The number of hydrogen-bond acceptors (Lipinski definition) is 2. The lowest BCUT2D eigenvalue weighted by Gasteiger charge is -2.06. The molecule has 1 aromatic carbocycles. The van der Waals surface area contributed by atoms with Crippen LogP contribution in [0.2, 0.25) is 0 Å². The van der Waals surface area contributed by atoms with E-state index in [2.05, 4.69) is 17.8 Å².